The second-order valence-electron chi connectivity index (χ2n) is 7.00. The molecule has 31 heavy (non-hydrogen) atoms. The predicted octanol–water partition coefficient (Wildman–Crippen LogP) is 7.17. The van der Waals surface area contributed by atoms with Crippen LogP contribution in [0.25, 0.3) is 28.3 Å². The van der Waals surface area contributed by atoms with Gasteiger partial charge in [0.25, 0.3) is 0 Å². The molecule has 0 saturated carbocycles. The third-order valence-corrected chi connectivity index (χ3v) is 5.25. The molecule has 0 fully saturated rings. The summed E-state index contributed by atoms with van der Waals surface area (Å²) in [5.74, 6) is 2.12. The summed E-state index contributed by atoms with van der Waals surface area (Å²) in [4.78, 5) is 14.3. The first-order valence-electron chi connectivity index (χ1n) is 10.2. The van der Waals surface area contributed by atoms with Crippen molar-refractivity contribution in [1.82, 2.24) is 15.0 Å². The minimum Gasteiger partial charge on any atom is -0.213 e. The van der Waals surface area contributed by atoms with Crippen LogP contribution in [0, 0.1) is 0 Å². The first-order valence-corrected chi connectivity index (χ1v) is 11.0. The first kappa shape index (κ1) is 20.9. The van der Waals surface area contributed by atoms with Crippen LogP contribution in [0.4, 0.5) is 0 Å². The predicted molar refractivity (Wildman–Crippen MR) is 131 cm³/mol. The second kappa shape index (κ2) is 10.1. The number of nitrogens with zero attached hydrogens (tertiary/aromatic N) is 3. The lowest BCUT2D eigenvalue weighted by molar-refractivity contribution is 0.948. The van der Waals surface area contributed by atoms with Gasteiger partial charge >= 0.3 is 0 Å². The molecule has 0 N–H and O–H groups in total. The van der Waals surface area contributed by atoms with Crippen LogP contribution in [0.2, 0.25) is 0 Å². The van der Waals surface area contributed by atoms with Crippen LogP contribution in [0.1, 0.15) is 18.3 Å². The lowest BCUT2D eigenvalue weighted by atomic mass is 10.0. The minimum atomic E-state index is 0.606. The summed E-state index contributed by atoms with van der Waals surface area (Å²) in [5.41, 5.74) is 4.24. The zero-order chi connectivity index (χ0) is 21.5. The summed E-state index contributed by atoms with van der Waals surface area (Å²) in [6, 6.07) is 28.4. The molecule has 0 atom stereocenters. The summed E-state index contributed by atoms with van der Waals surface area (Å²) >= 11 is 3.56. The van der Waals surface area contributed by atoms with Gasteiger partial charge in [-0.2, -0.15) is 0 Å². The van der Waals surface area contributed by atoms with E-state index >= 15 is 0 Å². The molecule has 3 nitrogen and oxygen atoms in total. The van der Waals surface area contributed by atoms with Gasteiger partial charge in [0, 0.05) is 22.0 Å². The Morgan fingerprint density at radius 2 is 1.39 bits per heavy atom. The van der Waals surface area contributed by atoms with Gasteiger partial charge in [-0.25, -0.2) is 15.0 Å². The SMILES string of the molecule is C/C=C\C(=C/Cc1nc(-c2ccccc2)nc(-c2ccccc2)n1)c1cccc(Br)c1. The largest absolute Gasteiger partial charge is 0.213 e. The summed E-state index contributed by atoms with van der Waals surface area (Å²) < 4.78 is 1.05. The topological polar surface area (TPSA) is 38.7 Å². The van der Waals surface area contributed by atoms with Crippen molar-refractivity contribution >= 4 is 21.5 Å². The van der Waals surface area contributed by atoms with Crippen molar-refractivity contribution in [3.63, 3.8) is 0 Å². The number of aromatic nitrogens is 3. The quantitative estimate of drug-likeness (QED) is 0.282. The van der Waals surface area contributed by atoms with E-state index in [1.165, 1.54) is 0 Å². The molecule has 0 aliphatic carbocycles. The van der Waals surface area contributed by atoms with E-state index in [1.54, 1.807) is 0 Å². The summed E-state index contributed by atoms with van der Waals surface area (Å²) in [5, 5.41) is 0. The maximum Gasteiger partial charge on any atom is 0.163 e. The average Bonchev–Trinajstić information content (AvgIpc) is 2.82. The van der Waals surface area contributed by atoms with Gasteiger partial charge < -0.3 is 0 Å². The van der Waals surface area contributed by atoms with Crippen LogP contribution in [0.15, 0.2) is 108 Å². The van der Waals surface area contributed by atoms with E-state index in [9.17, 15) is 0 Å². The molecule has 0 unspecified atom stereocenters. The van der Waals surface area contributed by atoms with Gasteiger partial charge in [0.15, 0.2) is 11.6 Å². The molecule has 0 bridgehead atoms. The van der Waals surface area contributed by atoms with Gasteiger partial charge in [-0.15, -0.1) is 0 Å². The highest BCUT2D eigenvalue weighted by Gasteiger charge is 2.10. The summed E-state index contributed by atoms with van der Waals surface area (Å²) in [6.45, 7) is 2.02. The van der Waals surface area contributed by atoms with E-state index in [-0.39, 0.29) is 0 Å². The molecule has 1 aromatic heterocycles. The summed E-state index contributed by atoms with van der Waals surface area (Å²) in [7, 11) is 0. The zero-order valence-electron chi connectivity index (χ0n) is 17.2. The molecular weight excluding hydrogens is 446 g/mol. The molecule has 0 spiro atoms. The van der Waals surface area contributed by atoms with E-state index in [0.29, 0.717) is 18.1 Å². The number of allylic oxidation sites excluding steroid dienone is 4. The van der Waals surface area contributed by atoms with Gasteiger partial charge in [0.1, 0.15) is 5.82 Å². The molecule has 4 heteroatoms. The van der Waals surface area contributed by atoms with Crippen molar-refractivity contribution in [3.05, 3.63) is 119 Å². The van der Waals surface area contributed by atoms with Gasteiger partial charge in [0.05, 0.1) is 0 Å². The van der Waals surface area contributed by atoms with Gasteiger partial charge in [-0.05, 0) is 30.2 Å². The molecule has 0 saturated heterocycles. The molecule has 152 valence electrons. The van der Waals surface area contributed by atoms with Crippen molar-refractivity contribution in [2.45, 2.75) is 13.3 Å². The van der Waals surface area contributed by atoms with E-state index in [0.717, 1.165) is 32.6 Å². The molecule has 0 amide bonds. The third kappa shape index (κ3) is 5.41. The van der Waals surface area contributed by atoms with Crippen molar-refractivity contribution in [2.24, 2.45) is 0 Å². The van der Waals surface area contributed by atoms with Crippen LogP contribution in [0.3, 0.4) is 0 Å². The summed E-state index contributed by atoms with van der Waals surface area (Å²) in [6.07, 6.45) is 6.93. The van der Waals surface area contributed by atoms with Crippen molar-refractivity contribution < 1.29 is 0 Å². The number of hydrogen-bond donors (Lipinski definition) is 0. The standard InChI is InChI=1S/C27H22BrN3/c1-2-10-20(23-15-9-16-24(28)19-23)17-18-25-29-26(21-11-5-3-6-12-21)31-27(30-25)22-13-7-4-8-14-22/h2-17,19H,18H2,1H3/b10-2-,20-17+. The number of hydrogen-bond acceptors (Lipinski definition) is 3. The molecule has 0 aliphatic rings. The maximum atomic E-state index is 4.77. The first-order chi connectivity index (χ1) is 15.2. The van der Waals surface area contributed by atoms with Crippen molar-refractivity contribution in [2.75, 3.05) is 0 Å². The lowest BCUT2D eigenvalue weighted by Crippen LogP contribution is -2.02. The van der Waals surface area contributed by atoms with Crippen LogP contribution < -0.4 is 0 Å². The zero-order valence-corrected chi connectivity index (χ0v) is 18.8. The Balaban J connectivity index is 1.75. The molecule has 4 rings (SSSR count). The molecule has 0 aliphatic heterocycles. The maximum absolute atomic E-state index is 4.77. The van der Waals surface area contributed by atoms with Crippen molar-refractivity contribution in [1.29, 1.82) is 0 Å². The van der Waals surface area contributed by atoms with Crippen molar-refractivity contribution in [3.8, 4) is 22.8 Å². The van der Waals surface area contributed by atoms with E-state index in [2.05, 4.69) is 40.2 Å². The fourth-order valence-corrected chi connectivity index (χ4v) is 3.67. The Kier molecular flexibility index (Phi) is 6.80. The molecular formula is C27H22BrN3. The van der Waals surface area contributed by atoms with Gasteiger partial charge in [-0.1, -0.05) is 107 Å². The van der Waals surface area contributed by atoms with E-state index < -0.39 is 0 Å². The monoisotopic (exact) mass is 467 g/mol. The van der Waals surface area contributed by atoms with Crippen LogP contribution in [0.5, 0.6) is 0 Å². The highest BCUT2D eigenvalue weighted by Crippen LogP contribution is 2.23. The smallest absolute Gasteiger partial charge is 0.163 e. The highest BCUT2D eigenvalue weighted by atomic mass is 79.9. The van der Waals surface area contributed by atoms with Crippen LogP contribution >= 0.6 is 15.9 Å². The van der Waals surface area contributed by atoms with Crippen LogP contribution in [-0.2, 0) is 6.42 Å². The van der Waals surface area contributed by atoms with Crippen LogP contribution in [-0.4, -0.2) is 15.0 Å². The fraction of sp³-hybridized carbons (Fsp3) is 0.0741. The molecule has 0 radical (unpaired) electrons. The van der Waals surface area contributed by atoms with E-state index in [4.69, 9.17) is 15.0 Å². The minimum absolute atomic E-state index is 0.606. The normalized spacial score (nSPS) is 11.7. The molecule has 4 aromatic rings. The Hall–Kier alpha value is -3.37. The highest BCUT2D eigenvalue weighted by molar-refractivity contribution is 9.10. The number of halogens is 1. The lowest BCUT2D eigenvalue weighted by Gasteiger charge is -2.08. The fourth-order valence-electron chi connectivity index (χ4n) is 3.27. The Labute approximate surface area is 191 Å². The second-order valence-corrected chi connectivity index (χ2v) is 7.92. The van der Waals surface area contributed by atoms with Gasteiger partial charge in [-0.3, -0.25) is 0 Å². The third-order valence-electron chi connectivity index (χ3n) is 4.75. The Morgan fingerprint density at radius 1 is 0.774 bits per heavy atom. The number of benzene rings is 3. The molecule has 3 aromatic carbocycles. The Bertz CT molecular complexity index is 1160. The van der Waals surface area contributed by atoms with E-state index in [1.807, 2.05) is 85.8 Å². The number of rotatable bonds is 6. The average molecular weight is 468 g/mol. The molecule has 1 heterocycles. The van der Waals surface area contributed by atoms with Gasteiger partial charge in [0.2, 0.25) is 0 Å². The Morgan fingerprint density at radius 3 is 1.94 bits per heavy atom.